The molecule has 0 radical (unpaired) electrons. The van der Waals surface area contributed by atoms with Crippen LogP contribution >= 0.6 is 0 Å². The van der Waals surface area contributed by atoms with Crippen molar-refractivity contribution in [3.05, 3.63) is 24.0 Å². The van der Waals surface area contributed by atoms with Gasteiger partial charge in [0.05, 0.1) is 11.6 Å². The van der Waals surface area contributed by atoms with Crippen LogP contribution in [0.1, 0.15) is 50.6 Å². The van der Waals surface area contributed by atoms with Gasteiger partial charge in [-0.3, -0.25) is 10.8 Å². The average Bonchev–Trinajstić information content (AvgIpc) is 2.43. The predicted octanol–water partition coefficient (Wildman–Crippen LogP) is 1.91. The smallest absolute Gasteiger partial charge is 0.0890 e. The van der Waals surface area contributed by atoms with Gasteiger partial charge in [0.1, 0.15) is 0 Å². The van der Waals surface area contributed by atoms with Crippen molar-refractivity contribution in [2.75, 3.05) is 12.3 Å². The van der Waals surface area contributed by atoms with Crippen LogP contribution in [0.4, 0.5) is 5.69 Å². The number of nitrogen functional groups attached to an aromatic ring is 1. The quantitative estimate of drug-likeness (QED) is 0.558. The van der Waals surface area contributed by atoms with E-state index >= 15 is 0 Å². The number of hydrazine groups is 1. The normalized spacial score (nSPS) is 20.1. The van der Waals surface area contributed by atoms with Gasteiger partial charge >= 0.3 is 0 Å². The van der Waals surface area contributed by atoms with E-state index in [0.717, 1.165) is 18.4 Å². The summed E-state index contributed by atoms with van der Waals surface area (Å²) in [6.07, 6.45) is 9.08. The van der Waals surface area contributed by atoms with Crippen LogP contribution in [0.25, 0.3) is 0 Å². The van der Waals surface area contributed by atoms with E-state index in [-0.39, 0.29) is 11.6 Å². The highest BCUT2D eigenvalue weighted by molar-refractivity contribution is 5.47. The Balaban J connectivity index is 2.34. The third-order valence-corrected chi connectivity index (χ3v) is 4.02. The van der Waals surface area contributed by atoms with Crippen LogP contribution in [0.15, 0.2) is 18.5 Å². The minimum absolute atomic E-state index is 0.110. The molecular formula is C14H24N4O. The number of ether oxygens (including phenoxy) is 1. The van der Waals surface area contributed by atoms with E-state index in [1.54, 1.807) is 12.4 Å². The fraction of sp³-hybridized carbons (Fsp3) is 0.643. The fourth-order valence-corrected chi connectivity index (χ4v) is 3.14. The van der Waals surface area contributed by atoms with E-state index in [4.69, 9.17) is 16.3 Å². The van der Waals surface area contributed by atoms with E-state index in [1.165, 1.54) is 19.3 Å². The third kappa shape index (κ3) is 2.88. The van der Waals surface area contributed by atoms with E-state index in [0.29, 0.717) is 12.3 Å². The molecule has 0 aromatic carbocycles. The molecule has 0 amide bonds. The van der Waals surface area contributed by atoms with Gasteiger partial charge in [0.15, 0.2) is 0 Å². The van der Waals surface area contributed by atoms with Gasteiger partial charge in [0.2, 0.25) is 0 Å². The standard InChI is InChI=1S/C14H24N4O/c1-2-19-14(7-4-3-5-8-14)13(18-16)11-10-17-9-6-12(11)15/h6,9-10,13,18H,2-5,7-8,16H2,1H3,(H2,15,17). The lowest BCUT2D eigenvalue weighted by atomic mass is 9.77. The molecule has 1 atom stereocenters. The molecule has 5 heteroatoms. The van der Waals surface area contributed by atoms with Crippen molar-refractivity contribution in [3.63, 3.8) is 0 Å². The van der Waals surface area contributed by atoms with Crippen LogP contribution in [-0.4, -0.2) is 17.2 Å². The summed E-state index contributed by atoms with van der Waals surface area (Å²) >= 11 is 0. The molecule has 2 rings (SSSR count). The van der Waals surface area contributed by atoms with Crippen molar-refractivity contribution in [3.8, 4) is 0 Å². The van der Waals surface area contributed by atoms with Gasteiger partial charge < -0.3 is 10.5 Å². The Kier molecular flexibility index (Phi) is 4.74. The Morgan fingerprint density at radius 1 is 1.42 bits per heavy atom. The zero-order chi connectivity index (χ0) is 13.7. The summed E-state index contributed by atoms with van der Waals surface area (Å²) in [5.74, 6) is 5.81. The van der Waals surface area contributed by atoms with Gasteiger partial charge in [0, 0.05) is 30.3 Å². The Hall–Kier alpha value is -1.17. The number of nitrogens with two attached hydrogens (primary N) is 2. The second-order valence-electron chi connectivity index (χ2n) is 5.16. The minimum atomic E-state index is -0.265. The van der Waals surface area contributed by atoms with Gasteiger partial charge in [-0.1, -0.05) is 19.3 Å². The maximum atomic E-state index is 6.11. The molecule has 0 spiro atoms. The molecule has 1 aliphatic rings. The highest BCUT2D eigenvalue weighted by atomic mass is 16.5. The molecule has 0 bridgehead atoms. The van der Waals surface area contributed by atoms with Crippen LogP contribution < -0.4 is 17.0 Å². The molecule has 106 valence electrons. The molecule has 1 saturated carbocycles. The molecule has 0 aliphatic heterocycles. The summed E-state index contributed by atoms with van der Waals surface area (Å²) in [5.41, 5.74) is 10.4. The number of nitrogens with zero attached hydrogens (tertiary/aromatic N) is 1. The first kappa shape index (κ1) is 14.2. The second-order valence-corrected chi connectivity index (χ2v) is 5.16. The lowest BCUT2D eigenvalue weighted by Crippen LogP contribution is -2.50. The summed E-state index contributed by atoms with van der Waals surface area (Å²) in [6.45, 7) is 2.70. The Morgan fingerprint density at radius 2 is 2.16 bits per heavy atom. The average molecular weight is 264 g/mol. The first-order valence-electron chi connectivity index (χ1n) is 7.03. The molecule has 1 fully saturated rings. The van der Waals surface area contributed by atoms with E-state index < -0.39 is 0 Å². The molecule has 1 aromatic heterocycles. The lowest BCUT2D eigenvalue weighted by Gasteiger charge is -2.43. The van der Waals surface area contributed by atoms with E-state index in [9.17, 15) is 0 Å². The number of hydrogen-bond donors (Lipinski definition) is 3. The topological polar surface area (TPSA) is 86.2 Å². The van der Waals surface area contributed by atoms with E-state index in [1.807, 2.05) is 13.0 Å². The second kappa shape index (κ2) is 6.32. The molecule has 5 N–H and O–H groups in total. The number of nitrogens with one attached hydrogen (secondary N) is 1. The highest BCUT2D eigenvalue weighted by Gasteiger charge is 2.41. The predicted molar refractivity (Wildman–Crippen MR) is 76.2 cm³/mol. The molecule has 19 heavy (non-hydrogen) atoms. The van der Waals surface area contributed by atoms with Gasteiger partial charge in [-0.05, 0) is 25.8 Å². The summed E-state index contributed by atoms with van der Waals surface area (Å²) in [6, 6.07) is 1.70. The number of rotatable bonds is 5. The van der Waals surface area contributed by atoms with Gasteiger partial charge in [-0.15, -0.1) is 0 Å². The van der Waals surface area contributed by atoms with Crippen molar-refractivity contribution in [1.82, 2.24) is 10.4 Å². The first-order chi connectivity index (χ1) is 9.23. The first-order valence-corrected chi connectivity index (χ1v) is 7.03. The van der Waals surface area contributed by atoms with E-state index in [2.05, 4.69) is 10.4 Å². The van der Waals surface area contributed by atoms with Crippen LogP contribution in [0, 0.1) is 0 Å². The Labute approximate surface area is 114 Å². The molecule has 1 unspecified atom stereocenters. The number of hydrogen-bond acceptors (Lipinski definition) is 5. The van der Waals surface area contributed by atoms with Crippen molar-refractivity contribution < 1.29 is 4.74 Å². The summed E-state index contributed by atoms with van der Waals surface area (Å²) < 4.78 is 6.11. The third-order valence-electron chi connectivity index (χ3n) is 4.02. The van der Waals surface area contributed by atoms with Crippen LogP contribution in [0.3, 0.4) is 0 Å². The van der Waals surface area contributed by atoms with Crippen molar-refractivity contribution >= 4 is 5.69 Å². The maximum absolute atomic E-state index is 6.11. The zero-order valence-corrected chi connectivity index (χ0v) is 11.6. The maximum Gasteiger partial charge on any atom is 0.0890 e. The van der Waals surface area contributed by atoms with Crippen molar-refractivity contribution in [1.29, 1.82) is 0 Å². The fourth-order valence-electron chi connectivity index (χ4n) is 3.14. The Bertz CT molecular complexity index is 399. The number of pyridine rings is 1. The molecule has 0 saturated heterocycles. The molecule has 1 aliphatic carbocycles. The molecule has 5 nitrogen and oxygen atoms in total. The van der Waals surface area contributed by atoms with Crippen LogP contribution in [0.5, 0.6) is 0 Å². The van der Waals surface area contributed by atoms with Gasteiger partial charge in [-0.25, -0.2) is 5.43 Å². The number of anilines is 1. The summed E-state index contributed by atoms with van der Waals surface area (Å²) in [7, 11) is 0. The molecular weight excluding hydrogens is 240 g/mol. The SMILES string of the molecule is CCOC1(C(NN)c2cnccc2N)CCCCC1. The monoisotopic (exact) mass is 264 g/mol. The van der Waals surface area contributed by atoms with Gasteiger partial charge in [-0.2, -0.15) is 0 Å². The highest BCUT2D eigenvalue weighted by Crippen LogP contribution is 2.42. The summed E-state index contributed by atoms with van der Waals surface area (Å²) in [5, 5.41) is 0. The van der Waals surface area contributed by atoms with Crippen molar-refractivity contribution in [2.24, 2.45) is 5.84 Å². The summed E-state index contributed by atoms with van der Waals surface area (Å²) in [4.78, 5) is 4.17. The number of aromatic nitrogens is 1. The largest absolute Gasteiger partial charge is 0.398 e. The minimum Gasteiger partial charge on any atom is -0.398 e. The lowest BCUT2D eigenvalue weighted by molar-refractivity contribution is -0.0912. The van der Waals surface area contributed by atoms with Crippen LogP contribution in [-0.2, 0) is 4.74 Å². The molecule has 1 aromatic rings. The van der Waals surface area contributed by atoms with Crippen molar-refractivity contribution in [2.45, 2.75) is 50.7 Å². The molecule has 1 heterocycles. The van der Waals surface area contributed by atoms with Gasteiger partial charge in [0.25, 0.3) is 0 Å². The Morgan fingerprint density at radius 3 is 2.74 bits per heavy atom. The zero-order valence-electron chi connectivity index (χ0n) is 11.6. The van der Waals surface area contributed by atoms with Crippen LogP contribution in [0.2, 0.25) is 0 Å².